The number of guanidine groups is 1. The van der Waals surface area contributed by atoms with E-state index in [2.05, 4.69) is 27.0 Å². The Labute approximate surface area is 174 Å². The van der Waals surface area contributed by atoms with Crippen LogP contribution in [0.3, 0.4) is 0 Å². The van der Waals surface area contributed by atoms with Crippen LogP contribution in [-0.2, 0) is 0 Å². The predicted octanol–water partition coefficient (Wildman–Crippen LogP) is 3.52. The molecule has 2 aromatic carbocycles. The second-order valence-corrected chi connectivity index (χ2v) is 7.17. The molecule has 4 N–H and O–H groups in total. The van der Waals surface area contributed by atoms with Crippen LogP contribution in [-0.4, -0.2) is 23.8 Å². The molecule has 0 aliphatic heterocycles. The Hall–Kier alpha value is -3.63. The molecule has 0 amide bonds. The zero-order chi connectivity index (χ0) is 20.8. The van der Waals surface area contributed by atoms with Crippen molar-refractivity contribution in [2.75, 3.05) is 7.11 Å². The molecule has 0 radical (unpaired) electrons. The Balaban J connectivity index is 1.83. The summed E-state index contributed by atoms with van der Waals surface area (Å²) in [4.78, 5) is 5.60. The van der Waals surface area contributed by atoms with Gasteiger partial charge in [0.25, 0.3) is 0 Å². The zero-order valence-electron chi connectivity index (χ0n) is 16.4. The smallest absolute Gasteiger partial charge is 0.211 e. The molecule has 0 atom stereocenters. The molecule has 3 rings (SSSR count). The highest BCUT2D eigenvalue weighted by molar-refractivity contribution is 7.17. The maximum absolute atomic E-state index is 5.34. The zero-order valence-corrected chi connectivity index (χ0v) is 17.2. The van der Waals surface area contributed by atoms with Gasteiger partial charge >= 0.3 is 0 Å². The molecular weight excluding hydrogens is 382 g/mol. The number of methoxy groups -OCH3 is 1. The minimum absolute atomic E-state index is 0.0726. The van der Waals surface area contributed by atoms with Gasteiger partial charge < -0.3 is 16.2 Å². The van der Waals surface area contributed by atoms with Crippen LogP contribution in [0.2, 0.25) is 0 Å². The van der Waals surface area contributed by atoms with Crippen LogP contribution in [0.25, 0.3) is 10.6 Å². The highest BCUT2D eigenvalue weighted by Gasteiger charge is 2.12. The molecule has 0 fully saturated rings. The van der Waals surface area contributed by atoms with Gasteiger partial charge in [0.05, 0.1) is 29.0 Å². The number of para-hydroxylation sites is 1. The summed E-state index contributed by atoms with van der Waals surface area (Å²) < 4.78 is 5.33. The van der Waals surface area contributed by atoms with E-state index in [1.54, 1.807) is 18.4 Å². The average molecular weight is 404 g/mol. The van der Waals surface area contributed by atoms with Crippen molar-refractivity contribution >= 4 is 23.0 Å². The van der Waals surface area contributed by atoms with E-state index in [4.69, 9.17) is 16.2 Å². The van der Waals surface area contributed by atoms with Crippen molar-refractivity contribution in [2.45, 2.75) is 13.8 Å². The lowest BCUT2D eigenvalue weighted by molar-refractivity contribution is 0.413. The minimum atomic E-state index is -0.0726. The van der Waals surface area contributed by atoms with Crippen LogP contribution in [0.15, 0.2) is 58.7 Å². The van der Waals surface area contributed by atoms with Crippen molar-refractivity contribution in [3.8, 4) is 28.2 Å². The van der Waals surface area contributed by atoms with Crippen LogP contribution in [0.5, 0.6) is 5.75 Å². The summed E-state index contributed by atoms with van der Waals surface area (Å²) in [5.41, 5.74) is 15.1. The van der Waals surface area contributed by atoms with Gasteiger partial charge in [0.15, 0.2) is 0 Å². The molecule has 29 heavy (non-hydrogen) atoms. The van der Waals surface area contributed by atoms with Gasteiger partial charge in [-0.1, -0.05) is 36.1 Å². The molecule has 0 unspecified atom stereocenters. The lowest BCUT2D eigenvalue weighted by Crippen LogP contribution is -2.22. The maximum atomic E-state index is 5.34. The van der Waals surface area contributed by atoms with Crippen LogP contribution in [0.1, 0.15) is 28.6 Å². The molecule has 0 saturated carbocycles. The Morgan fingerprint density at radius 2 is 1.76 bits per heavy atom. The third-order valence-corrected chi connectivity index (χ3v) is 5.34. The summed E-state index contributed by atoms with van der Waals surface area (Å²) in [7, 11) is 1.64. The lowest BCUT2D eigenvalue weighted by Gasteiger charge is -2.01. The van der Waals surface area contributed by atoms with Gasteiger partial charge in [-0.15, -0.1) is 16.4 Å². The van der Waals surface area contributed by atoms with E-state index < -0.39 is 0 Å². The van der Waals surface area contributed by atoms with E-state index in [9.17, 15) is 0 Å². The van der Waals surface area contributed by atoms with Gasteiger partial charge in [-0.05, 0) is 38.1 Å². The normalized spacial score (nSPS) is 10.8. The highest BCUT2D eigenvalue weighted by atomic mass is 32.1. The van der Waals surface area contributed by atoms with E-state index in [0.29, 0.717) is 0 Å². The fourth-order valence-corrected chi connectivity index (χ4v) is 3.63. The molecule has 6 nitrogen and oxygen atoms in total. The molecular formula is C22H21N5OS. The molecule has 0 aliphatic rings. The van der Waals surface area contributed by atoms with Crippen molar-refractivity contribution in [1.82, 2.24) is 4.98 Å². The Kier molecular flexibility index (Phi) is 6.27. The van der Waals surface area contributed by atoms with E-state index in [1.165, 1.54) is 0 Å². The average Bonchev–Trinajstić information content (AvgIpc) is 3.12. The first-order valence-electron chi connectivity index (χ1n) is 8.84. The van der Waals surface area contributed by atoms with Crippen molar-refractivity contribution in [2.24, 2.45) is 21.7 Å². The number of rotatable bonds is 4. The van der Waals surface area contributed by atoms with Crippen molar-refractivity contribution in [3.63, 3.8) is 0 Å². The highest BCUT2D eigenvalue weighted by Crippen LogP contribution is 2.28. The van der Waals surface area contributed by atoms with E-state index in [0.717, 1.165) is 43.7 Å². The molecule has 3 aromatic rings. The first kappa shape index (κ1) is 20.1. The molecule has 0 aliphatic carbocycles. The maximum Gasteiger partial charge on any atom is 0.211 e. The quantitative estimate of drug-likeness (QED) is 0.301. The molecule has 7 heteroatoms. The molecule has 146 valence electrons. The molecule has 0 saturated heterocycles. The molecule has 1 heterocycles. The van der Waals surface area contributed by atoms with Crippen LogP contribution < -0.4 is 16.2 Å². The number of aryl methyl sites for hydroxylation is 1. The number of nitrogens with two attached hydrogens (primary N) is 2. The predicted molar refractivity (Wildman–Crippen MR) is 119 cm³/mol. The van der Waals surface area contributed by atoms with Gasteiger partial charge in [-0.2, -0.15) is 5.10 Å². The summed E-state index contributed by atoms with van der Waals surface area (Å²) >= 11 is 1.55. The van der Waals surface area contributed by atoms with E-state index >= 15 is 0 Å². The summed E-state index contributed by atoms with van der Waals surface area (Å²) in [5.74, 6) is 7.02. The largest absolute Gasteiger partial charge is 0.495 e. The topological polar surface area (TPSA) is 98.9 Å². The number of hydrogen-bond donors (Lipinski definition) is 2. The van der Waals surface area contributed by atoms with Crippen molar-refractivity contribution < 1.29 is 4.74 Å². The summed E-state index contributed by atoms with van der Waals surface area (Å²) in [5, 5.41) is 8.65. The summed E-state index contributed by atoms with van der Waals surface area (Å²) in [6.45, 7) is 3.80. The Bertz CT molecular complexity index is 1130. The monoisotopic (exact) mass is 403 g/mol. The van der Waals surface area contributed by atoms with Gasteiger partial charge in [-0.3, -0.25) is 0 Å². The number of aromatic nitrogens is 1. The number of nitrogens with zero attached hydrogens (tertiary/aromatic N) is 3. The third-order valence-electron chi connectivity index (χ3n) is 4.02. The standard InChI is InChI=1S/C22H21N5OS/c1-14-20(15(2)26-27-22(23)24)29-21(25-14)18-12-9-16(10-13-18)8-11-17-6-4-5-7-19(17)28-3/h4-7,9-10,12-13H,1-3H3,(H4,23,24,27)/b26-15+. The molecule has 0 bridgehead atoms. The van der Waals surface area contributed by atoms with Crippen molar-refractivity contribution in [1.29, 1.82) is 0 Å². The Morgan fingerprint density at radius 3 is 2.45 bits per heavy atom. The number of ether oxygens (including phenoxy) is 1. The fourth-order valence-electron chi connectivity index (χ4n) is 2.62. The second kappa shape index (κ2) is 9.04. The molecule has 1 aromatic heterocycles. The minimum Gasteiger partial charge on any atom is -0.495 e. The molecule has 0 spiro atoms. The number of benzene rings is 2. The van der Waals surface area contributed by atoms with Gasteiger partial charge in [0.2, 0.25) is 5.96 Å². The SMILES string of the molecule is COc1ccccc1C#Cc1ccc(-c2nc(C)c(/C(C)=N/N=C(N)N)s2)cc1. The summed E-state index contributed by atoms with van der Waals surface area (Å²) in [6.07, 6.45) is 0. The number of hydrogen-bond acceptors (Lipinski definition) is 5. The van der Waals surface area contributed by atoms with Crippen LogP contribution in [0.4, 0.5) is 0 Å². The van der Waals surface area contributed by atoms with Gasteiger partial charge in [0, 0.05) is 11.1 Å². The van der Waals surface area contributed by atoms with Gasteiger partial charge in [0.1, 0.15) is 10.8 Å². The first-order chi connectivity index (χ1) is 14.0. The fraction of sp³-hybridized carbons (Fsp3) is 0.136. The second-order valence-electron chi connectivity index (χ2n) is 6.17. The summed E-state index contributed by atoms with van der Waals surface area (Å²) in [6, 6.07) is 15.7. The van der Waals surface area contributed by atoms with Crippen molar-refractivity contribution in [3.05, 3.63) is 70.2 Å². The van der Waals surface area contributed by atoms with Crippen LogP contribution >= 0.6 is 11.3 Å². The first-order valence-corrected chi connectivity index (χ1v) is 9.66. The van der Waals surface area contributed by atoms with E-state index in [-0.39, 0.29) is 5.96 Å². The van der Waals surface area contributed by atoms with Crippen LogP contribution in [0, 0.1) is 18.8 Å². The van der Waals surface area contributed by atoms with E-state index in [1.807, 2.05) is 62.4 Å². The third kappa shape index (κ3) is 5.00. The van der Waals surface area contributed by atoms with Gasteiger partial charge in [-0.25, -0.2) is 4.98 Å². The Morgan fingerprint density at radius 1 is 1.03 bits per heavy atom. The lowest BCUT2D eigenvalue weighted by atomic mass is 10.1. The number of thiazole rings is 1.